The van der Waals surface area contributed by atoms with Crippen molar-refractivity contribution in [1.29, 1.82) is 0 Å². The zero-order chi connectivity index (χ0) is 24.4. The monoisotopic (exact) mass is 462 g/mol. The summed E-state index contributed by atoms with van der Waals surface area (Å²) >= 11 is 0. The van der Waals surface area contributed by atoms with Crippen LogP contribution in [0.25, 0.3) is 17.1 Å². The Morgan fingerprint density at radius 2 is 1.79 bits per heavy atom. The number of aryl methyl sites for hydroxylation is 2. The van der Waals surface area contributed by atoms with Crippen LogP contribution in [0.4, 0.5) is 10.2 Å². The van der Waals surface area contributed by atoms with Crippen molar-refractivity contribution in [3.05, 3.63) is 75.3 Å². The fourth-order valence-corrected chi connectivity index (χ4v) is 4.09. The number of aromatic nitrogens is 2. The van der Waals surface area contributed by atoms with Crippen LogP contribution in [0.5, 0.6) is 0 Å². The summed E-state index contributed by atoms with van der Waals surface area (Å²) < 4.78 is 16.8. The highest BCUT2D eigenvalue weighted by Gasteiger charge is 2.24. The van der Waals surface area contributed by atoms with E-state index in [9.17, 15) is 14.4 Å². The number of nitrogens with zero attached hydrogens (tertiary/aromatic N) is 4. The van der Waals surface area contributed by atoms with Crippen molar-refractivity contribution in [2.75, 3.05) is 31.1 Å². The molecule has 0 aliphatic carbocycles. The maximum absolute atomic E-state index is 15.1. The average Bonchev–Trinajstić information content (AvgIpc) is 2.84. The van der Waals surface area contributed by atoms with Gasteiger partial charge in [-0.05, 0) is 31.6 Å². The van der Waals surface area contributed by atoms with Gasteiger partial charge in [0.25, 0.3) is 0 Å². The first-order valence-corrected chi connectivity index (χ1v) is 11.3. The van der Waals surface area contributed by atoms with Gasteiger partial charge in [0.2, 0.25) is 11.3 Å². The summed E-state index contributed by atoms with van der Waals surface area (Å²) in [5.41, 5.74) is 1.72. The average molecular weight is 463 g/mol. The van der Waals surface area contributed by atoms with Crippen molar-refractivity contribution in [1.82, 2.24) is 14.5 Å². The van der Waals surface area contributed by atoms with Crippen LogP contribution in [0.15, 0.2) is 47.4 Å². The molecule has 1 amide bonds. The van der Waals surface area contributed by atoms with E-state index < -0.39 is 17.0 Å². The SMILES string of the molecule is CCn1cc(C(=O)C=Cc2ccc(C)cc2)c(=O)c2cc(F)c(N3CCN(C(C)=O)CC3)nc21. The number of hydrogen-bond donors (Lipinski definition) is 0. The lowest BCUT2D eigenvalue weighted by Gasteiger charge is -2.35. The van der Waals surface area contributed by atoms with Crippen molar-refractivity contribution in [2.45, 2.75) is 27.3 Å². The molecule has 1 aliphatic rings. The molecule has 1 aliphatic heterocycles. The van der Waals surface area contributed by atoms with Gasteiger partial charge in [-0.25, -0.2) is 9.37 Å². The number of carbonyl (C=O) groups is 2. The number of amides is 1. The number of fused-ring (bicyclic) bond motifs is 1. The standard InChI is InChI=1S/C26H27FN4O3/c1-4-29-16-21(23(33)10-9-19-7-5-17(2)6-8-19)24(34)20-15-22(27)26(28-25(20)29)31-13-11-30(12-14-31)18(3)32/h5-10,15-16H,4,11-14H2,1-3H3. The molecule has 0 spiro atoms. The van der Waals surface area contributed by atoms with E-state index >= 15 is 4.39 Å². The molecule has 0 radical (unpaired) electrons. The summed E-state index contributed by atoms with van der Waals surface area (Å²) in [6.45, 7) is 7.68. The van der Waals surface area contributed by atoms with Gasteiger partial charge in [-0.1, -0.05) is 35.9 Å². The van der Waals surface area contributed by atoms with Gasteiger partial charge in [-0.15, -0.1) is 0 Å². The van der Waals surface area contributed by atoms with Crippen LogP contribution in [0.1, 0.15) is 35.3 Å². The lowest BCUT2D eigenvalue weighted by atomic mass is 10.1. The highest BCUT2D eigenvalue weighted by atomic mass is 19.1. The highest BCUT2D eigenvalue weighted by molar-refractivity contribution is 6.08. The van der Waals surface area contributed by atoms with Crippen LogP contribution in [0.3, 0.4) is 0 Å². The van der Waals surface area contributed by atoms with Gasteiger partial charge in [-0.2, -0.15) is 0 Å². The van der Waals surface area contributed by atoms with E-state index in [0.29, 0.717) is 38.4 Å². The lowest BCUT2D eigenvalue weighted by Crippen LogP contribution is -2.48. The molecular formula is C26H27FN4O3. The number of benzene rings is 1. The minimum absolute atomic E-state index is 0.0139. The largest absolute Gasteiger partial charge is 0.351 e. The normalized spacial score (nSPS) is 14.2. The molecule has 0 atom stereocenters. The molecule has 1 fully saturated rings. The Kier molecular flexibility index (Phi) is 6.58. The molecule has 8 heteroatoms. The zero-order valence-corrected chi connectivity index (χ0v) is 19.5. The number of anilines is 1. The summed E-state index contributed by atoms with van der Waals surface area (Å²) in [5.74, 6) is -0.932. The zero-order valence-electron chi connectivity index (χ0n) is 19.5. The molecular weight excluding hydrogens is 435 g/mol. The Morgan fingerprint density at radius 1 is 1.12 bits per heavy atom. The number of halogens is 1. The Hall–Kier alpha value is -3.81. The van der Waals surface area contributed by atoms with Gasteiger partial charge in [0, 0.05) is 45.8 Å². The number of rotatable bonds is 5. The number of allylic oxidation sites excluding steroid dienone is 1. The Bertz CT molecular complexity index is 1340. The van der Waals surface area contributed by atoms with Crippen molar-refractivity contribution in [2.24, 2.45) is 0 Å². The maximum atomic E-state index is 15.1. The van der Waals surface area contributed by atoms with E-state index in [1.807, 2.05) is 38.1 Å². The van der Waals surface area contributed by atoms with E-state index in [4.69, 9.17) is 0 Å². The van der Waals surface area contributed by atoms with Crippen LogP contribution in [-0.2, 0) is 11.3 Å². The summed E-state index contributed by atoms with van der Waals surface area (Å²) in [6.07, 6.45) is 4.51. The van der Waals surface area contributed by atoms with Crippen molar-refractivity contribution in [3.8, 4) is 0 Å². The van der Waals surface area contributed by atoms with E-state index in [1.165, 1.54) is 25.3 Å². The lowest BCUT2D eigenvalue weighted by molar-refractivity contribution is -0.129. The number of hydrogen-bond acceptors (Lipinski definition) is 5. The third kappa shape index (κ3) is 4.62. The van der Waals surface area contributed by atoms with Crippen molar-refractivity contribution >= 4 is 34.6 Å². The smallest absolute Gasteiger partial charge is 0.219 e. The maximum Gasteiger partial charge on any atom is 0.219 e. The summed E-state index contributed by atoms with van der Waals surface area (Å²) in [4.78, 5) is 45.5. The first kappa shape index (κ1) is 23.4. The first-order valence-electron chi connectivity index (χ1n) is 11.3. The molecule has 1 saturated heterocycles. The first-order chi connectivity index (χ1) is 16.3. The van der Waals surface area contributed by atoms with Gasteiger partial charge in [-0.3, -0.25) is 14.4 Å². The molecule has 0 N–H and O–H groups in total. The van der Waals surface area contributed by atoms with E-state index in [1.54, 1.807) is 20.4 Å². The minimum Gasteiger partial charge on any atom is -0.351 e. The third-order valence-electron chi connectivity index (χ3n) is 6.12. The van der Waals surface area contributed by atoms with Gasteiger partial charge in [0.05, 0.1) is 10.9 Å². The molecule has 0 unspecified atom stereocenters. The van der Waals surface area contributed by atoms with Crippen LogP contribution >= 0.6 is 0 Å². The van der Waals surface area contributed by atoms with Gasteiger partial charge >= 0.3 is 0 Å². The Labute approximate surface area is 197 Å². The molecule has 34 heavy (non-hydrogen) atoms. The number of pyridine rings is 2. The molecule has 3 aromatic rings. The topological polar surface area (TPSA) is 75.5 Å². The van der Waals surface area contributed by atoms with Crippen molar-refractivity contribution < 1.29 is 14.0 Å². The molecule has 1 aromatic carbocycles. The summed E-state index contributed by atoms with van der Waals surface area (Å²) in [7, 11) is 0. The van der Waals surface area contributed by atoms with Crippen LogP contribution < -0.4 is 10.3 Å². The second kappa shape index (κ2) is 9.59. The molecule has 7 nitrogen and oxygen atoms in total. The van der Waals surface area contributed by atoms with E-state index in [-0.39, 0.29) is 22.7 Å². The van der Waals surface area contributed by atoms with E-state index in [0.717, 1.165) is 11.1 Å². The summed E-state index contributed by atoms with van der Waals surface area (Å²) in [5, 5.41) is 0.0695. The van der Waals surface area contributed by atoms with Gasteiger partial charge in [0.1, 0.15) is 5.65 Å². The molecule has 3 heterocycles. The van der Waals surface area contributed by atoms with Crippen LogP contribution in [0.2, 0.25) is 0 Å². The predicted octanol–water partition coefficient (Wildman–Crippen LogP) is 3.43. The molecule has 0 bridgehead atoms. The highest BCUT2D eigenvalue weighted by Crippen LogP contribution is 2.23. The molecule has 2 aromatic heterocycles. The third-order valence-corrected chi connectivity index (χ3v) is 6.12. The molecule has 4 rings (SSSR count). The molecule has 176 valence electrons. The molecule has 0 saturated carbocycles. The van der Waals surface area contributed by atoms with E-state index in [2.05, 4.69) is 4.98 Å². The van der Waals surface area contributed by atoms with Crippen LogP contribution in [-0.4, -0.2) is 52.3 Å². The van der Waals surface area contributed by atoms with Gasteiger partial charge in [0.15, 0.2) is 17.4 Å². The second-order valence-electron chi connectivity index (χ2n) is 8.42. The summed E-state index contributed by atoms with van der Waals surface area (Å²) in [6, 6.07) is 8.83. The predicted molar refractivity (Wildman–Crippen MR) is 131 cm³/mol. The fraction of sp³-hybridized carbons (Fsp3) is 0.308. The number of ketones is 1. The van der Waals surface area contributed by atoms with Gasteiger partial charge < -0.3 is 14.4 Å². The van der Waals surface area contributed by atoms with Crippen molar-refractivity contribution in [3.63, 3.8) is 0 Å². The number of piperazine rings is 1. The second-order valence-corrected chi connectivity index (χ2v) is 8.42. The fourth-order valence-electron chi connectivity index (χ4n) is 4.09. The minimum atomic E-state index is -0.622. The number of carbonyl (C=O) groups excluding carboxylic acids is 2. The van der Waals surface area contributed by atoms with Crippen LogP contribution in [0, 0.1) is 12.7 Å². The Morgan fingerprint density at radius 3 is 2.41 bits per heavy atom. The Balaban J connectivity index is 1.69. The quantitative estimate of drug-likeness (QED) is 0.429.